The molecule has 0 N–H and O–H groups in total. The van der Waals surface area contributed by atoms with Crippen LogP contribution in [0.25, 0.3) is 83.6 Å². The van der Waals surface area contributed by atoms with Crippen molar-refractivity contribution in [1.82, 2.24) is 19.5 Å². The lowest BCUT2D eigenvalue weighted by atomic mass is 9.96. The second kappa shape index (κ2) is 14.5. The number of anilines is 3. The van der Waals surface area contributed by atoms with Gasteiger partial charge in [0.1, 0.15) is 0 Å². The zero-order valence-electron chi connectivity index (χ0n) is 32.9. The van der Waals surface area contributed by atoms with Gasteiger partial charge in [0.15, 0.2) is 17.5 Å². The molecule has 0 fully saturated rings. The molecular formula is C55H35N5S. The fourth-order valence-corrected chi connectivity index (χ4v) is 9.95. The van der Waals surface area contributed by atoms with Gasteiger partial charge in [-0.3, -0.25) is 0 Å². The second-order valence-corrected chi connectivity index (χ2v) is 16.3. The van der Waals surface area contributed by atoms with Crippen molar-refractivity contribution in [1.29, 1.82) is 0 Å². The van der Waals surface area contributed by atoms with Crippen molar-refractivity contribution >= 4 is 61.4 Å². The molecule has 0 radical (unpaired) electrons. The Bertz CT molecular complexity index is 3400. The number of rotatable bonds is 6. The van der Waals surface area contributed by atoms with E-state index in [0.29, 0.717) is 17.5 Å². The smallest absolute Gasteiger partial charge is 0.164 e. The zero-order valence-corrected chi connectivity index (χ0v) is 33.7. The van der Waals surface area contributed by atoms with Crippen molar-refractivity contribution < 1.29 is 0 Å². The lowest BCUT2D eigenvalue weighted by Gasteiger charge is -2.33. The van der Waals surface area contributed by atoms with Gasteiger partial charge in [0.05, 0.1) is 22.4 Å². The number of aromatic nitrogens is 4. The van der Waals surface area contributed by atoms with Gasteiger partial charge in [-0.15, -0.1) is 0 Å². The summed E-state index contributed by atoms with van der Waals surface area (Å²) in [6, 6.07) is 75.2. The number of hydrogen-bond donors (Lipinski definition) is 0. The van der Waals surface area contributed by atoms with E-state index in [-0.39, 0.29) is 0 Å². The fraction of sp³-hybridized carbons (Fsp3) is 0. The molecule has 0 spiro atoms. The first-order valence-corrected chi connectivity index (χ1v) is 21.3. The molecule has 0 unspecified atom stereocenters. The molecule has 3 heterocycles. The molecule has 0 atom stereocenters. The first-order chi connectivity index (χ1) is 30.2. The highest BCUT2D eigenvalue weighted by atomic mass is 32.2. The van der Waals surface area contributed by atoms with Crippen LogP contribution in [-0.2, 0) is 0 Å². The van der Waals surface area contributed by atoms with Crippen molar-refractivity contribution in [2.24, 2.45) is 0 Å². The molecule has 1 aliphatic rings. The summed E-state index contributed by atoms with van der Waals surface area (Å²) in [5, 5.41) is 4.88. The van der Waals surface area contributed by atoms with E-state index in [0.717, 1.165) is 39.1 Å². The molecule has 5 nitrogen and oxygen atoms in total. The van der Waals surface area contributed by atoms with Crippen LogP contribution in [0.2, 0.25) is 0 Å². The molecule has 0 amide bonds. The number of para-hydroxylation sites is 2. The average Bonchev–Trinajstić information content (AvgIpc) is 3.69. The van der Waals surface area contributed by atoms with E-state index in [1.807, 2.05) is 72.4 Å². The third-order valence-electron chi connectivity index (χ3n) is 11.6. The summed E-state index contributed by atoms with van der Waals surface area (Å²) < 4.78 is 2.40. The molecule has 2 aromatic heterocycles. The Labute approximate surface area is 357 Å². The predicted molar refractivity (Wildman–Crippen MR) is 252 cm³/mol. The van der Waals surface area contributed by atoms with Gasteiger partial charge in [-0.25, -0.2) is 15.0 Å². The molecule has 1 aliphatic heterocycles. The molecule has 61 heavy (non-hydrogen) atoms. The van der Waals surface area contributed by atoms with E-state index >= 15 is 0 Å². The summed E-state index contributed by atoms with van der Waals surface area (Å²) in [5.74, 6) is 1.90. The standard InChI is InChI=1S/C55H35N5S/c1-4-17-37(18-5-1)53-56-54(38-19-6-2-7-20-38)58-55(57-53)40-21-14-24-42(34-40)60-47-28-15-26-44(52(47)51-43-25-11-10-16-36(43)30-33-48(51)60)39-31-32-46-50(35-39)61-49-29-13-12-27-45(49)59(46)41-22-8-3-9-23-41/h1-35H. The van der Waals surface area contributed by atoms with Crippen LogP contribution in [0.5, 0.6) is 0 Å². The third kappa shape index (κ3) is 5.99. The van der Waals surface area contributed by atoms with E-state index in [2.05, 4.69) is 161 Å². The first-order valence-electron chi connectivity index (χ1n) is 20.4. The Hall–Kier alpha value is -7.80. The zero-order chi connectivity index (χ0) is 40.3. The van der Waals surface area contributed by atoms with Gasteiger partial charge in [-0.1, -0.05) is 163 Å². The first kappa shape index (κ1) is 35.2. The minimum atomic E-state index is 0.624. The van der Waals surface area contributed by atoms with Crippen molar-refractivity contribution in [3.8, 4) is 51.0 Å². The molecule has 12 rings (SSSR count). The van der Waals surface area contributed by atoms with Gasteiger partial charge in [0.25, 0.3) is 0 Å². The normalized spacial score (nSPS) is 12.2. The van der Waals surface area contributed by atoms with Crippen LogP contribution in [0.1, 0.15) is 0 Å². The molecule has 286 valence electrons. The molecule has 0 aliphatic carbocycles. The molecular weight excluding hydrogens is 763 g/mol. The summed E-state index contributed by atoms with van der Waals surface area (Å²) in [7, 11) is 0. The van der Waals surface area contributed by atoms with E-state index in [9.17, 15) is 0 Å². The maximum Gasteiger partial charge on any atom is 0.164 e. The lowest BCUT2D eigenvalue weighted by Crippen LogP contribution is -2.14. The Balaban J connectivity index is 1.06. The summed E-state index contributed by atoms with van der Waals surface area (Å²) in [6.45, 7) is 0. The van der Waals surface area contributed by atoms with Gasteiger partial charge in [0, 0.05) is 48.6 Å². The van der Waals surface area contributed by atoms with Crippen molar-refractivity contribution in [3.63, 3.8) is 0 Å². The summed E-state index contributed by atoms with van der Waals surface area (Å²) >= 11 is 1.84. The van der Waals surface area contributed by atoms with E-state index < -0.39 is 0 Å². The number of fused-ring (bicyclic) bond motifs is 7. The number of nitrogens with zero attached hydrogens (tertiary/aromatic N) is 5. The predicted octanol–water partition coefficient (Wildman–Crippen LogP) is 14.7. The third-order valence-corrected chi connectivity index (χ3v) is 12.7. The Morgan fingerprint density at radius 1 is 0.361 bits per heavy atom. The maximum absolute atomic E-state index is 5.08. The highest BCUT2D eigenvalue weighted by molar-refractivity contribution is 7.99. The average molecular weight is 798 g/mol. The van der Waals surface area contributed by atoms with Gasteiger partial charge >= 0.3 is 0 Å². The van der Waals surface area contributed by atoms with Crippen LogP contribution in [0.15, 0.2) is 222 Å². The van der Waals surface area contributed by atoms with Crippen LogP contribution < -0.4 is 4.90 Å². The molecule has 0 saturated heterocycles. The van der Waals surface area contributed by atoms with Gasteiger partial charge in [-0.2, -0.15) is 0 Å². The van der Waals surface area contributed by atoms with Crippen LogP contribution >= 0.6 is 11.8 Å². The highest BCUT2D eigenvalue weighted by Gasteiger charge is 2.26. The summed E-state index contributed by atoms with van der Waals surface area (Å²) in [5.41, 5.74) is 12.0. The minimum absolute atomic E-state index is 0.624. The molecule has 0 bridgehead atoms. The second-order valence-electron chi connectivity index (χ2n) is 15.2. The van der Waals surface area contributed by atoms with Gasteiger partial charge in [0.2, 0.25) is 0 Å². The summed E-state index contributed by atoms with van der Waals surface area (Å²) in [4.78, 5) is 19.9. The van der Waals surface area contributed by atoms with E-state index in [1.54, 1.807) is 0 Å². The Morgan fingerprint density at radius 3 is 1.72 bits per heavy atom. The monoisotopic (exact) mass is 797 g/mol. The van der Waals surface area contributed by atoms with Crippen molar-refractivity contribution in [3.05, 3.63) is 212 Å². The van der Waals surface area contributed by atoms with Crippen LogP contribution in [-0.4, -0.2) is 19.5 Å². The van der Waals surface area contributed by atoms with Gasteiger partial charge < -0.3 is 9.47 Å². The Morgan fingerprint density at radius 2 is 0.951 bits per heavy atom. The van der Waals surface area contributed by atoms with E-state index in [1.165, 1.54) is 53.8 Å². The van der Waals surface area contributed by atoms with Crippen molar-refractivity contribution in [2.45, 2.75) is 9.79 Å². The maximum atomic E-state index is 5.08. The topological polar surface area (TPSA) is 46.8 Å². The van der Waals surface area contributed by atoms with E-state index in [4.69, 9.17) is 15.0 Å². The Kier molecular flexibility index (Phi) is 8.35. The number of hydrogen-bond acceptors (Lipinski definition) is 5. The molecule has 9 aromatic carbocycles. The molecule has 0 saturated carbocycles. The minimum Gasteiger partial charge on any atom is -0.309 e. The number of benzene rings is 9. The highest BCUT2D eigenvalue weighted by Crippen LogP contribution is 2.53. The quantitative estimate of drug-likeness (QED) is 0.168. The van der Waals surface area contributed by atoms with Gasteiger partial charge in [-0.05, 0) is 82.6 Å². The molecule has 6 heteroatoms. The fourth-order valence-electron chi connectivity index (χ4n) is 8.85. The lowest BCUT2D eigenvalue weighted by molar-refractivity contribution is 1.07. The van der Waals surface area contributed by atoms with Crippen LogP contribution in [0.4, 0.5) is 17.1 Å². The van der Waals surface area contributed by atoms with Crippen molar-refractivity contribution in [2.75, 3.05) is 4.90 Å². The van der Waals surface area contributed by atoms with Crippen LogP contribution in [0.3, 0.4) is 0 Å². The largest absolute Gasteiger partial charge is 0.309 e. The molecule has 11 aromatic rings. The van der Waals surface area contributed by atoms with Crippen LogP contribution in [0, 0.1) is 0 Å². The summed E-state index contributed by atoms with van der Waals surface area (Å²) in [6.07, 6.45) is 0. The SMILES string of the molecule is c1ccc(-c2nc(-c3ccccc3)nc(-c3cccc(-n4c5cccc(-c6ccc7c(c6)Sc6ccccc6N7c6ccccc6)c5c5c6ccccc6ccc54)c3)n2)cc1.